The number of carbonyl (C=O) groups is 2. The number of hydrogen-bond acceptors (Lipinski definition) is 3. The zero-order valence-electron chi connectivity index (χ0n) is 14.4. The number of rotatable bonds is 6. The molecule has 3 nitrogen and oxygen atoms in total. The lowest BCUT2D eigenvalue weighted by molar-refractivity contribution is 0.101. The van der Waals surface area contributed by atoms with Crippen LogP contribution in [0, 0.1) is 5.82 Å². The van der Waals surface area contributed by atoms with Gasteiger partial charge >= 0.3 is 0 Å². The predicted octanol–water partition coefficient (Wildman–Crippen LogP) is 6.36. The van der Waals surface area contributed by atoms with Crippen LogP contribution in [-0.2, 0) is 0 Å². The molecule has 0 fully saturated rings. The maximum atomic E-state index is 13.7. The smallest absolute Gasteiger partial charge is 0.258 e. The van der Waals surface area contributed by atoms with Gasteiger partial charge in [-0.15, -0.1) is 11.8 Å². The van der Waals surface area contributed by atoms with Gasteiger partial charge in [-0.3, -0.25) is 9.59 Å². The van der Waals surface area contributed by atoms with E-state index in [-0.39, 0.29) is 17.1 Å². The minimum atomic E-state index is -0.576. The van der Waals surface area contributed by atoms with Gasteiger partial charge in [0, 0.05) is 16.1 Å². The highest BCUT2D eigenvalue weighted by molar-refractivity contribution is 8.00. The first-order valence-corrected chi connectivity index (χ1v) is 9.95. The Hall–Kier alpha value is -2.34. The second kappa shape index (κ2) is 9.24. The van der Waals surface area contributed by atoms with E-state index in [1.165, 1.54) is 30.0 Å². The number of Topliss-reactive ketones (excluding diaryl/α,β-unsaturated/α-hetero) is 1. The fourth-order valence-corrected chi connectivity index (χ4v) is 3.47. The fourth-order valence-electron chi connectivity index (χ4n) is 2.38. The first-order valence-electron chi connectivity index (χ1n) is 8.21. The van der Waals surface area contributed by atoms with Gasteiger partial charge in [0.05, 0.1) is 21.4 Å². The van der Waals surface area contributed by atoms with E-state index in [9.17, 15) is 14.0 Å². The maximum Gasteiger partial charge on any atom is 0.258 e. The van der Waals surface area contributed by atoms with Crippen LogP contribution >= 0.6 is 35.0 Å². The molecule has 1 N–H and O–H groups in total. The molecule has 0 heterocycles. The SMILES string of the molecule is O=C(CSc1ccc(NC(=O)c2ccccc2F)cc1)c1ccc(Cl)c(Cl)c1. The molecule has 0 unspecified atom stereocenters. The van der Waals surface area contributed by atoms with Crippen molar-refractivity contribution in [3.8, 4) is 0 Å². The quantitative estimate of drug-likeness (QED) is 0.363. The Kier molecular flexibility index (Phi) is 6.73. The van der Waals surface area contributed by atoms with Gasteiger partial charge in [-0.2, -0.15) is 0 Å². The standard InChI is InChI=1S/C21H14Cl2FNO2S/c22-17-10-5-13(11-18(17)23)20(26)12-28-15-8-6-14(7-9-15)25-21(27)16-3-1-2-4-19(16)24/h1-11H,12H2,(H,25,27). The van der Waals surface area contributed by atoms with E-state index in [2.05, 4.69) is 5.32 Å². The third-order valence-electron chi connectivity index (χ3n) is 3.84. The summed E-state index contributed by atoms with van der Waals surface area (Å²) in [4.78, 5) is 25.2. The summed E-state index contributed by atoms with van der Waals surface area (Å²) in [5.41, 5.74) is 1.01. The number of anilines is 1. The number of amides is 1. The number of benzene rings is 3. The van der Waals surface area contributed by atoms with Crippen molar-refractivity contribution in [3.05, 3.63) is 93.7 Å². The summed E-state index contributed by atoms with van der Waals surface area (Å²) in [5, 5.41) is 3.39. The molecule has 142 valence electrons. The zero-order chi connectivity index (χ0) is 20.1. The lowest BCUT2D eigenvalue weighted by Crippen LogP contribution is -2.13. The van der Waals surface area contributed by atoms with E-state index < -0.39 is 11.7 Å². The molecule has 0 bridgehead atoms. The number of ketones is 1. The molecule has 3 aromatic carbocycles. The van der Waals surface area contributed by atoms with Crippen molar-refractivity contribution in [3.63, 3.8) is 0 Å². The van der Waals surface area contributed by atoms with Gasteiger partial charge in [-0.05, 0) is 54.6 Å². The fraction of sp³-hybridized carbons (Fsp3) is 0.0476. The molecule has 3 rings (SSSR count). The molecule has 0 aliphatic carbocycles. The van der Waals surface area contributed by atoms with Gasteiger partial charge in [0.2, 0.25) is 0 Å². The van der Waals surface area contributed by atoms with Crippen molar-refractivity contribution in [2.75, 3.05) is 11.1 Å². The summed E-state index contributed by atoms with van der Waals surface area (Å²) in [7, 11) is 0. The molecule has 0 aromatic heterocycles. The van der Waals surface area contributed by atoms with Crippen molar-refractivity contribution in [1.82, 2.24) is 0 Å². The highest BCUT2D eigenvalue weighted by atomic mass is 35.5. The van der Waals surface area contributed by atoms with Gasteiger partial charge in [0.25, 0.3) is 5.91 Å². The zero-order valence-corrected chi connectivity index (χ0v) is 16.7. The minimum absolute atomic E-state index is 0.0202. The van der Waals surface area contributed by atoms with Crippen LogP contribution in [0.4, 0.5) is 10.1 Å². The Morgan fingerprint density at radius 1 is 0.929 bits per heavy atom. The molecular formula is C21H14Cl2FNO2S. The Labute approximate surface area is 175 Å². The maximum absolute atomic E-state index is 13.7. The van der Waals surface area contributed by atoms with Crippen LogP contribution in [0.1, 0.15) is 20.7 Å². The Balaban J connectivity index is 1.58. The van der Waals surface area contributed by atoms with Crippen molar-refractivity contribution in [1.29, 1.82) is 0 Å². The van der Waals surface area contributed by atoms with Crippen LogP contribution in [0.5, 0.6) is 0 Å². The van der Waals surface area contributed by atoms with Crippen LogP contribution in [0.2, 0.25) is 10.0 Å². The number of thioether (sulfide) groups is 1. The molecule has 7 heteroatoms. The molecule has 28 heavy (non-hydrogen) atoms. The van der Waals surface area contributed by atoms with Crippen molar-refractivity contribution < 1.29 is 14.0 Å². The summed E-state index contributed by atoms with van der Waals surface area (Å²) in [6.07, 6.45) is 0. The normalized spacial score (nSPS) is 10.5. The summed E-state index contributed by atoms with van der Waals surface area (Å²) >= 11 is 13.2. The Morgan fingerprint density at radius 2 is 1.64 bits per heavy atom. The molecule has 0 radical (unpaired) electrons. The van der Waals surface area contributed by atoms with Crippen molar-refractivity contribution in [2.45, 2.75) is 4.90 Å². The Bertz CT molecular complexity index is 1030. The van der Waals surface area contributed by atoms with Gasteiger partial charge in [-0.25, -0.2) is 4.39 Å². The van der Waals surface area contributed by atoms with Crippen LogP contribution in [-0.4, -0.2) is 17.4 Å². The van der Waals surface area contributed by atoms with E-state index in [0.717, 1.165) is 4.90 Å². The molecule has 0 atom stereocenters. The van der Waals surface area contributed by atoms with Gasteiger partial charge in [-0.1, -0.05) is 35.3 Å². The molecular weight excluding hydrogens is 420 g/mol. The van der Waals surface area contributed by atoms with Crippen LogP contribution in [0.15, 0.2) is 71.6 Å². The lowest BCUT2D eigenvalue weighted by Gasteiger charge is -2.07. The lowest BCUT2D eigenvalue weighted by atomic mass is 10.1. The monoisotopic (exact) mass is 433 g/mol. The predicted molar refractivity (Wildman–Crippen MR) is 112 cm³/mol. The van der Waals surface area contributed by atoms with E-state index in [1.807, 2.05) is 0 Å². The molecule has 1 amide bonds. The third-order valence-corrected chi connectivity index (χ3v) is 5.59. The minimum Gasteiger partial charge on any atom is -0.322 e. The molecule has 0 saturated heterocycles. The summed E-state index contributed by atoms with van der Waals surface area (Å²) in [6.45, 7) is 0. The molecule has 3 aromatic rings. The van der Waals surface area contributed by atoms with E-state index in [4.69, 9.17) is 23.2 Å². The number of carbonyl (C=O) groups excluding carboxylic acids is 2. The van der Waals surface area contributed by atoms with Gasteiger partial charge in [0.1, 0.15) is 5.82 Å². The molecule has 0 saturated carbocycles. The number of nitrogens with one attached hydrogen (secondary N) is 1. The summed E-state index contributed by atoms with van der Waals surface area (Å²) in [6, 6.07) is 17.5. The molecule has 0 spiro atoms. The summed E-state index contributed by atoms with van der Waals surface area (Å²) < 4.78 is 13.7. The van der Waals surface area contributed by atoms with E-state index in [1.54, 1.807) is 48.5 Å². The first kappa shape index (κ1) is 20.4. The Morgan fingerprint density at radius 3 is 2.32 bits per heavy atom. The second-order valence-electron chi connectivity index (χ2n) is 5.80. The van der Waals surface area contributed by atoms with Crippen LogP contribution in [0.3, 0.4) is 0 Å². The van der Waals surface area contributed by atoms with Gasteiger partial charge < -0.3 is 5.32 Å². The highest BCUT2D eigenvalue weighted by Gasteiger charge is 2.12. The van der Waals surface area contributed by atoms with Crippen LogP contribution in [0.25, 0.3) is 0 Å². The second-order valence-corrected chi connectivity index (χ2v) is 7.66. The average molecular weight is 434 g/mol. The topological polar surface area (TPSA) is 46.2 Å². The number of halogens is 3. The van der Waals surface area contributed by atoms with E-state index in [0.29, 0.717) is 21.3 Å². The van der Waals surface area contributed by atoms with E-state index >= 15 is 0 Å². The molecule has 0 aliphatic heterocycles. The summed E-state index contributed by atoms with van der Waals surface area (Å²) in [5.74, 6) is -0.930. The molecule has 0 aliphatic rings. The van der Waals surface area contributed by atoms with Crippen molar-refractivity contribution in [2.24, 2.45) is 0 Å². The van der Waals surface area contributed by atoms with Gasteiger partial charge in [0.15, 0.2) is 5.78 Å². The largest absolute Gasteiger partial charge is 0.322 e. The van der Waals surface area contributed by atoms with Crippen molar-refractivity contribution >= 4 is 52.3 Å². The third kappa shape index (κ3) is 5.13. The average Bonchev–Trinajstić information content (AvgIpc) is 2.69. The van der Waals surface area contributed by atoms with Crippen LogP contribution < -0.4 is 5.32 Å². The number of hydrogen-bond donors (Lipinski definition) is 1. The highest BCUT2D eigenvalue weighted by Crippen LogP contribution is 2.25. The first-order chi connectivity index (χ1) is 13.4.